The second-order valence-corrected chi connectivity index (χ2v) is 3.50. The molecule has 96 valence electrons. The van der Waals surface area contributed by atoms with Gasteiger partial charge in [0.2, 0.25) is 0 Å². The maximum absolute atomic E-state index is 11.6. The van der Waals surface area contributed by atoms with E-state index < -0.39 is 11.9 Å². The third kappa shape index (κ3) is 1.97. The molecular weight excluding hydrogens is 240 g/mol. The number of benzene rings is 1. The van der Waals surface area contributed by atoms with E-state index in [1.807, 2.05) is 0 Å². The van der Waals surface area contributed by atoms with E-state index in [1.54, 1.807) is 0 Å². The fourth-order valence-electron chi connectivity index (χ4n) is 1.68. The molecule has 0 aliphatic carbocycles. The molecule has 0 bridgehead atoms. The number of ether oxygens (including phenoxy) is 4. The largest absolute Gasteiger partial charge is 0.485 e. The molecule has 18 heavy (non-hydrogen) atoms. The normalized spacial score (nSPS) is 12.8. The Kier molecular flexibility index (Phi) is 3.36. The molecule has 0 N–H and O–H groups in total. The quantitative estimate of drug-likeness (QED) is 0.732. The highest BCUT2D eigenvalue weighted by Crippen LogP contribution is 2.37. The van der Waals surface area contributed by atoms with Crippen molar-refractivity contribution in [3.05, 3.63) is 23.3 Å². The van der Waals surface area contributed by atoms with Crippen molar-refractivity contribution in [2.24, 2.45) is 0 Å². The van der Waals surface area contributed by atoms with Gasteiger partial charge in [-0.15, -0.1) is 0 Å². The SMILES string of the molecule is COC(=O)c1ccc(C(=O)OC)c2c1OCCO2. The lowest BCUT2D eigenvalue weighted by atomic mass is 10.1. The summed E-state index contributed by atoms with van der Waals surface area (Å²) in [5.41, 5.74) is 0.444. The van der Waals surface area contributed by atoms with E-state index in [0.717, 1.165) is 0 Å². The second-order valence-electron chi connectivity index (χ2n) is 3.50. The number of esters is 2. The lowest BCUT2D eigenvalue weighted by molar-refractivity contribution is 0.0567. The van der Waals surface area contributed by atoms with Gasteiger partial charge in [0.15, 0.2) is 11.5 Å². The smallest absolute Gasteiger partial charge is 0.341 e. The zero-order valence-electron chi connectivity index (χ0n) is 10.0. The Bertz CT molecular complexity index is 449. The van der Waals surface area contributed by atoms with E-state index in [0.29, 0.717) is 13.2 Å². The average Bonchev–Trinajstić information content (AvgIpc) is 2.44. The van der Waals surface area contributed by atoms with Gasteiger partial charge in [0, 0.05) is 0 Å². The monoisotopic (exact) mass is 252 g/mol. The van der Waals surface area contributed by atoms with Crippen LogP contribution in [0.3, 0.4) is 0 Å². The molecule has 1 heterocycles. The van der Waals surface area contributed by atoms with Gasteiger partial charge in [0.05, 0.1) is 14.2 Å². The number of hydrogen-bond donors (Lipinski definition) is 0. The molecule has 6 heteroatoms. The predicted octanol–water partition coefficient (Wildman–Crippen LogP) is 1.03. The molecular formula is C12H12O6. The highest BCUT2D eigenvalue weighted by molar-refractivity contribution is 5.99. The number of carbonyl (C=O) groups is 2. The van der Waals surface area contributed by atoms with Gasteiger partial charge in [0.25, 0.3) is 0 Å². The lowest BCUT2D eigenvalue weighted by Gasteiger charge is -2.22. The first-order valence-electron chi connectivity index (χ1n) is 5.28. The fraction of sp³-hybridized carbons (Fsp3) is 0.333. The van der Waals surface area contributed by atoms with E-state index >= 15 is 0 Å². The van der Waals surface area contributed by atoms with E-state index in [2.05, 4.69) is 9.47 Å². The minimum Gasteiger partial charge on any atom is -0.485 e. The Labute approximate surface area is 103 Å². The Morgan fingerprint density at radius 1 is 0.944 bits per heavy atom. The summed E-state index contributed by atoms with van der Waals surface area (Å²) in [4.78, 5) is 23.1. The summed E-state index contributed by atoms with van der Waals surface area (Å²) >= 11 is 0. The second kappa shape index (κ2) is 4.95. The molecule has 1 aromatic rings. The zero-order valence-corrected chi connectivity index (χ0v) is 10.0. The van der Waals surface area contributed by atoms with E-state index in [4.69, 9.17) is 9.47 Å². The summed E-state index contributed by atoms with van der Waals surface area (Å²) in [6.07, 6.45) is 0. The molecule has 0 amide bonds. The third-order valence-corrected chi connectivity index (χ3v) is 2.50. The highest BCUT2D eigenvalue weighted by atomic mass is 16.6. The van der Waals surface area contributed by atoms with Crippen LogP contribution in [-0.4, -0.2) is 39.4 Å². The Balaban J connectivity index is 2.55. The Morgan fingerprint density at radius 2 is 1.33 bits per heavy atom. The van der Waals surface area contributed by atoms with Gasteiger partial charge in [-0.1, -0.05) is 0 Å². The van der Waals surface area contributed by atoms with Gasteiger partial charge in [0.1, 0.15) is 24.3 Å². The van der Waals surface area contributed by atoms with Gasteiger partial charge in [-0.2, -0.15) is 0 Å². The van der Waals surface area contributed by atoms with Crippen LogP contribution < -0.4 is 9.47 Å². The van der Waals surface area contributed by atoms with Crippen molar-refractivity contribution < 1.29 is 28.5 Å². The van der Waals surface area contributed by atoms with Crippen molar-refractivity contribution in [3.63, 3.8) is 0 Å². The number of carbonyl (C=O) groups excluding carboxylic acids is 2. The molecule has 0 unspecified atom stereocenters. The first kappa shape index (κ1) is 12.2. The van der Waals surface area contributed by atoms with Gasteiger partial charge < -0.3 is 18.9 Å². The van der Waals surface area contributed by atoms with Crippen LogP contribution in [0.25, 0.3) is 0 Å². The van der Waals surface area contributed by atoms with Crippen LogP contribution in [0.1, 0.15) is 20.7 Å². The van der Waals surface area contributed by atoms with Crippen molar-refractivity contribution >= 4 is 11.9 Å². The van der Waals surface area contributed by atoms with Crippen molar-refractivity contribution in [1.29, 1.82) is 0 Å². The predicted molar refractivity (Wildman–Crippen MR) is 60.1 cm³/mol. The third-order valence-electron chi connectivity index (χ3n) is 2.50. The first-order chi connectivity index (χ1) is 8.69. The van der Waals surface area contributed by atoms with Crippen LogP contribution in [0.5, 0.6) is 11.5 Å². The first-order valence-corrected chi connectivity index (χ1v) is 5.28. The molecule has 2 rings (SSSR count). The standard InChI is InChI=1S/C12H12O6/c1-15-11(13)7-3-4-8(12(14)16-2)10-9(7)17-5-6-18-10/h3-4H,5-6H2,1-2H3. The molecule has 0 atom stereocenters. The Morgan fingerprint density at radius 3 is 1.67 bits per heavy atom. The van der Waals surface area contributed by atoms with Gasteiger partial charge >= 0.3 is 11.9 Å². The summed E-state index contributed by atoms with van der Waals surface area (Å²) in [6, 6.07) is 2.90. The van der Waals surface area contributed by atoms with Crippen molar-refractivity contribution in [1.82, 2.24) is 0 Å². The van der Waals surface area contributed by atoms with Crippen LogP contribution in [0.4, 0.5) is 0 Å². The molecule has 0 saturated heterocycles. The molecule has 6 nitrogen and oxygen atoms in total. The summed E-state index contributed by atoms with van der Waals surface area (Å²) in [5.74, 6) is -0.659. The van der Waals surface area contributed by atoms with Crippen molar-refractivity contribution in [2.75, 3.05) is 27.4 Å². The van der Waals surface area contributed by atoms with E-state index in [1.165, 1.54) is 26.4 Å². The molecule has 1 aromatic carbocycles. The number of rotatable bonds is 2. The zero-order chi connectivity index (χ0) is 13.1. The highest BCUT2D eigenvalue weighted by Gasteiger charge is 2.27. The number of fused-ring (bicyclic) bond motifs is 1. The Hall–Kier alpha value is -2.24. The van der Waals surface area contributed by atoms with Crippen LogP contribution in [0.15, 0.2) is 12.1 Å². The molecule has 1 aliphatic heterocycles. The molecule has 0 radical (unpaired) electrons. The summed E-state index contributed by atoms with van der Waals surface area (Å²) in [5, 5.41) is 0. The van der Waals surface area contributed by atoms with Crippen LogP contribution >= 0.6 is 0 Å². The van der Waals surface area contributed by atoms with Gasteiger partial charge in [-0.05, 0) is 12.1 Å². The summed E-state index contributed by atoms with van der Waals surface area (Å²) < 4.78 is 20.0. The average molecular weight is 252 g/mol. The minimum atomic E-state index is -0.548. The van der Waals surface area contributed by atoms with Crippen molar-refractivity contribution in [3.8, 4) is 11.5 Å². The van der Waals surface area contributed by atoms with Gasteiger partial charge in [-0.25, -0.2) is 9.59 Å². The fourth-order valence-corrected chi connectivity index (χ4v) is 1.68. The van der Waals surface area contributed by atoms with Crippen molar-refractivity contribution in [2.45, 2.75) is 0 Å². The molecule has 0 spiro atoms. The summed E-state index contributed by atoms with van der Waals surface area (Å²) in [7, 11) is 2.54. The van der Waals surface area contributed by atoms with Crippen LogP contribution in [0.2, 0.25) is 0 Å². The van der Waals surface area contributed by atoms with Crippen LogP contribution in [-0.2, 0) is 9.47 Å². The molecule has 0 fully saturated rings. The van der Waals surface area contributed by atoms with Gasteiger partial charge in [-0.3, -0.25) is 0 Å². The summed E-state index contributed by atoms with van der Waals surface area (Å²) in [6.45, 7) is 0.614. The topological polar surface area (TPSA) is 71.1 Å². The van der Waals surface area contributed by atoms with Crippen LogP contribution in [0, 0.1) is 0 Å². The maximum atomic E-state index is 11.6. The molecule has 1 aliphatic rings. The van der Waals surface area contributed by atoms with E-state index in [-0.39, 0.29) is 22.6 Å². The number of hydrogen-bond acceptors (Lipinski definition) is 6. The molecule has 0 aromatic heterocycles. The van der Waals surface area contributed by atoms with E-state index in [9.17, 15) is 9.59 Å². The lowest BCUT2D eigenvalue weighted by Crippen LogP contribution is -2.20. The minimum absolute atomic E-state index is 0.219. The number of methoxy groups -OCH3 is 2. The molecule has 0 saturated carbocycles. The maximum Gasteiger partial charge on any atom is 0.341 e.